The number of carbonyl (C=O) groups is 1. The summed E-state index contributed by atoms with van der Waals surface area (Å²) in [5.74, 6) is -0.616. The minimum absolute atomic E-state index is 0.000866. The van der Waals surface area contributed by atoms with Gasteiger partial charge in [0.25, 0.3) is 5.91 Å². The Morgan fingerprint density at radius 1 is 1.56 bits per heavy atom. The van der Waals surface area contributed by atoms with Crippen molar-refractivity contribution < 1.29 is 9.18 Å². The fraction of sp³-hybridized carbons (Fsp3) is 0.364. The van der Waals surface area contributed by atoms with Crippen LogP contribution in [0.3, 0.4) is 0 Å². The second kappa shape index (κ2) is 6.06. The van der Waals surface area contributed by atoms with Crippen molar-refractivity contribution in [2.24, 2.45) is 0 Å². The standard InChI is InChI=1S/C11H12Cl2FNO/c1-2-8(6-12)15-11(16)7-3-4-9(13)10(14)5-7/h3-5,8H,2,6H2,1H3,(H,15,16). The molecular formula is C11H12Cl2FNO. The highest BCUT2D eigenvalue weighted by Crippen LogP contribution is 2.15. The summed E-state index contributed by atoms with van der Waals surface area (Å²) in [6, 6.07) is 3.83. The van der Waals surface area contributed by atoms with Gasteiger partial charge in [-0.3, -0.25) is 4.79 Å². The predicted octanol–water partition coefficient (Wildman–Crippen LogP) is 3.23. The number of nitrogens with one attached hydrogen (secondary N) is 1. The molecule has 1 aromatic carbocycles. The van der Waals surface area contributed by atoms with Gasteiger partial charge in [0.15, 0.2) is 0 Å². The van der Waals surface area contributed by atoms with Gasteiger partial charge in [-0.15, -0.1) is 11.6 Å². The van der Waals surface area contributed by atoms with Crippen LogP contribution < -0.4 is 5.32 Å². The lowest BCUT2D eigenvalue weighted by Gasteiger charge is -2.13. The number of amides is 1. The average Bonchev–Trinajstić information content (AvgIpc) is 2.29. The van der Waals surface area contributed by atoms with E-state index in [9.17, 15) is 9.18 Å². The highest BCUT2D eigenvalue weighted by atomic mass is 35.5. The largest absolute Gasteiger partial charge is 0.348 e. The normalized spacial score (nSPS) is 12.2. The molecule has 0 fully saturated rings. The fourth-order valence-electron chi connectivity index (χ4n) is 1.16. The van der Waals surface area contributed by atoms with Crippen LogP contribution in [0.5, 0.6) is 0 Å². The molecule has 0 bridgehead atoms. The van der Waals surface area contributed by atoms with Crippen LogP contribution in [0, 0.1) is 5.82 Å². The fourth-order valence-corrected chi connectivity index (χ4v) is 1.57. The molecule has 1 unspecified atom stereocenters. The van der Waals surface area contributed by atoms with E-state index in [1.54, 1.807) is 0 Å². The average molecular weight is 264 g/mol. The molecule has 1 aromatic rings. The minimum Gasteiger partial charge on any atom is -0.348 e. The zero-order valence-electron chi connectivity index (χ0n) is 8.77. The van der Waals surface area contributed by atoms with E-state index in [0.29, 0.717) is 5.88 Å². The van der Waals surface area contributed by atoms with Gasteiger partial charge in [-0.1, -0.05) is 18.5 Å². The molecule has 1 amide bonds. The molecule has 1 atom stereocenters. The maximum absolute atomic E-state index is 13.1. The van der Waals surface area contributed by atoms with E-state index in [0.717, 1.165) is 12.5 Å². The van der Waals surface area contributed by atoms with Crippen LogP contribution in [0.15, 0.2) is 18.2 Å². The van der Waals surface area contributed by atoms with Crippen LogP contribution in [-0.4, -0.2) is 17.8 Å². The first-order valence-electron chi connectivity index (χ1n) is 4.90. The van der Waals surface area contributed by atoms with Gasteiger partial charge in [-0.2, -0.15) is 0 Å². The summed E-state index contributed by atoms with van der Waals surface area (Å²) >= 11 is 11.2. The molecule has 0 saturated carbocycles. The van der Waals surface area contributed by atoms with Crippen LogP contribution in [0.2, 0.25) is 5.02 Å². The van der Waals surface area contributed by atoms with Crippen LogP contribution in [0.4, 0.5) is 4.39 Å². The monoisotopic (exact) mass is 263 g/mol. The highest BCUT2D eigenvalue weighted by molar-refractivity contribution is 6.30. The molecule has 0 aliphatic heterocycles. The summed E-state index contributed by atoms with van der Waals surface area (Å²) in [7, 11) is 0. The third kappa shape index (κ3) is 3.35. The number of rotatable bonds is 4. The van der Waals surface area contributed by atoms with Crippen molar-refractivity contribution >= 4 is 29.1 Å². The van der Waals surface area contributed by atoms with Crippen molar-refractivity contribution in [1.29, 1.82) is 0 Å². The van der Waals surface area contributed by atoms with Crippen LogP contribution in [0.1, 0.15) is 23.7 Å². The second-order valence-corrected chi connectivity index (χ2v) is 4.08. The van der Waals surface area contributed by atoms with Gasteiger partial charge in [-0.05, 0) is 24.6 Å². The number of carbonyl (C=O) groups excluding carboxylic acids is 1. The smallest absolute Gasteiger partial charge is 0.251 e. The maximum Gasteiger partial charge on any atom is 0.251 e. The maximum atomic E-state index is 13.1. The van der Waals surface area contributed by atoms with Crippen molar-refractivity contribution in [1.82, 2.24) is 5.32 Å². The first kappa shape index (κ1) is 13.3. The molecule has 0 aliphatic carbocycles. The molecule has 1 rings (SSSR count). The van der Waals surface area contributed by atoms with Gasteiger partial charge >= 0.3 is 0 Å². The SMILES string of the molecule is CCC(CCl)NC(=O)c1ccc(Cl)c(F)c1. The van der Waals surface area contributed by atoms with E-state index in [2.05, 4.69) is 5.32 Å². The van der Waals surface area contributed by atoms with Crippen molar-refractivity contribution in [3.05, 3.63) is 34.6 Å². The Bertz CT molecular complexity index is 380. The highest BCUT2D eigenvalue weighted by Gasteiger charge is 2.12. The predicted molar refractivity (Wildman–Crippen MR) is 63.7 cm³/mol. The minimum atomic E-state index is -0.603. The van der Waals surface area contributed by atoms with Crippen molar-refractivity contribution in [3.63, 3.8) is 0 Å². The Kier molecular flexibility index (Phi) is 5.03. The molecule has 1 N–H and O–H groups in total. The Morgan fingerprint density at radius 2 is 2.25 bits per heavy atom. The molecule has 0 heterocycles. The quantitative estimate of drug-likeness (QED) is 0.831. The molecule has 2 nitrogen and oxygen atoms in total. The van der Waals surface area contributed by atoms with E-state index in [-0.39, 0.29) is 22.5 Å². The zero-order chi connectivity index (χ0) is 12.1. The van der Waals surface area contributed by atoms with Gasteiger partial charge in [0.1, 0.15) is 5.82 Å². The van der Waals surface area contributed by atoms with Crippen LogP contribution in [-0.2, 0) is 0 Å². The zero-order valence-corrected chi connectivity index (χ0v) is 10.3. The van der Waals surface area contributed by atoms with Crippen LogP contribution in [0.25, 0.3) is 0 Å². The third-order valence-electron chi connectivity index (χ3n) is 2.20. The first-order chi connectivity index (χ1) is 7.58. The van der Waals surface area contributed by atoms with E-state index < -0.39 is 5.82 Å². The topological polar surface area (TPSA) is 29.1 Å². The Labute approximate surface area is 104 Å². The first-order valence-corrected chi connectivity index (χ1v) is 5.81. The molecule has 0 spiro atoms. The molecule has 0 aromatic heterocycles. The molecule has 0 saturated heterocycles. The van der Waals surface area contributed by atoms with E-state index in [1.165, 1.54) is 12.1 Å². The summed E-state index contributed by atoms with van der Waals surface area (Å²) < 4.78 is 13.1. The summed E-state index contributed by atoms with van der Waals surface area (Å²) in [4.78, 5) is 11.7. The number of halogens is 3. The summed E-state index contributed by atoms with van der Waals surface area (Å²) in [5, 5.41) is 2.70. The molecular weight excluding hydrogens is 252 g/mol. The van der Waals surface area contributed by atoms with E-state index in [4.69, 9.17) is 23.2 Å². The lowest BCUT2D eigenvalue weighted by atomic mass is 10.2. The Balaban J connectivity index is 2.76. The van der Waals surface area contributed by atoms with Gasteiger partial charge in [-0.25, -0.2) is 4.39 Å². The lowest BCUT2D eigenvalue weighted by Crippen LogP contribution is -2.35. The van der Waals surface area contributed by atoms with E-state index in [1.807, 2.05) is 6.92 Å². The molecule has 88 valence electrons. The Hall–Kier alpha value is -0.800. The van der Waals surface area contributed by atoms with Crippen molar-refractivity contribution in [2.75, 3.05) is 5.88 Å². The molecule has 5 heteroatoms. The summed E-state index contributed by atoms with van der Waals surface area (Å²) in [6.07, 6.45) is 0.727. The van der Waals surface area contributed by atoms with Gasteiger partial charge in [0, 0.05) is 17.5 Å². The summed E-state index contributed by atoms with van der Waals surface area (Å²) in [5.41, 5.74) is 0.241. The molecule has 0 aliphatic rings. The van der Waals surface area contributed by atoms with Crippen molar-refractivity contribution in [2.45, 2.75) is 19.4 Å². The Morgan fingerprint density at radius 3 is 2.75 bits per heavy atom. The number of alkyl halides is 1. The van der Waals surface area contributed by atoms with Gasteiger partial charge < -0.3 is 5.32 Å². The number of benzene rings is 1. The third-order valence-corrected chi connectivity index (χ3v) is 2.88. The van der Waals surface area contributed by atoms with Crippen LogP contribution >= 0.6 is 23.2 Å². The van der Waals surface area contributed by atoms with E-state index >= 15 is 0 Å². The summed E-state index contributed by atoms with van der Waals surface area (Å²) in [6.45, 7) is 1.91. The lowest BCUT2D eigenvalue weighted by molar-refractivity contribution is 0.0939. The van der Waals surface area contributed by atoms with Crippen molar-refractivity contribution in [3.8, 4) is 0 Å². The molecule has 0 radical (unpaired) electrons. The van der Waals surface area contributed by atoms with Gasteiger partial charge in [0.05, 0.1) is 5.02 Å². The number of hydrogen-bond donors (Lipinski definition) is 1. The second-order valence-electron chi connectivity index (χ2n) is 3.36. The number of hydrogen-bond acceptors (Lipinski definition) is 1. The van der Waals surface area contributed by atoms with Gasteiger partial charge in [0.2, 0.25) is 0 Å². The molecule has 16 heavy (non-hydrogen) atoms.